The van der Waals surface area contributed by atoms with E-state index in [-0.39, 0.29) is 5.91 Å². The fraction of sp³-hybridized carbons (Fsp3) is 0.154. The molecule has 18 heavy (non-hydrogen) atoms. The van der Waals surface area contributed by atoms with Crippen LogP contribution in [-0.4, -0.2) is 5.91 Å². The maximum atomic E-state index is 12.0. The lowest BCUT2D eigenvalue weighted by Gasteiger charge is -2.08. The first kappa shape index (κ1) is 13.1. The summed E-state index contributed by atoms with van der Waals surface area (Å²) in [7, 11) is 0. The average Bonchev–Trinajstić information content (AvgIpc) is 2.75. The minimum atomic E-state index is -0.125. The van der Waals surface area contributed by atoms with Crippen LogP contribution in [0.15, 0.2) is 33.4 Å². The Hall–Kier alpha value is -1.33. The number of aryl methyl sites for hydroxylation is 1. The van der Waals surface area contributed by atoms with Gasteiger partial charge in [0.15, 0.2) is 0 Å². The van der Waals surface area contributed by atoms with Gasteiger partial charge in [0.05, 0.1) is 10.0 Å². The Bertz CT molecular complexity index is 580. The SMILES string of the molecule is Cc1cscc1CNC(=O)c1cccc(N)c1Br. The van der Waals surface area contributed by atoms with Gasteiger partial charge in [0, 0.05) is 12.2 Å². The van der Waals surface area contributed by atoms with Gasteiger partial charge in [-0.05, 0) is 56.9 Å². The summed E-state index contributed by atoms with van der Waals surface area (Å²) in [5.41, 5.74) is 9.22. The van der Waals surface area contributed by atoms with Crippen LogP contribution < -0.4 is 11.1 Å². The van der Waals surface area contributed by atoms with Gasteiger partial charge in [0.25, 0.3) is 5.91 Å². The molecule has 5 heteroatoms. The first-order valence-electron chi connectivity index (χ1n) is 5.43. The van der Waals surface area contributed by atoms with E-state index in [1.165, 1.54) is 5.56 Å². The van der Waals surface area contributed by atoms with Crippen LogP contribution in [0.2, 0.25) is 0 Å². The van der Waals surface area contributed by atoms with Gasteiger partial charge < -0.3 is 11.1 Å². The van der Waals surface area contributed by atoms with Gasteiger partial charge in [-0.1, -0.05) is 6.07 Å². The average molecular weight is 325 g/mol. The number of rotatable bonds is 3. The number of hydrogen-bond donors (Lipinski definition) is 2. The number of hydrogen-bond acceptors (Lipinski definition) is 3. The maximum absolute atomic E-state index is 12.0. The summed E-state index contributed by atoms with van der Waals surface area (Å²) in [5.74, 6) is -0.125. The summed E-state index contributed by atoms with van der Waals surface area (Å²) in [5, 5.41) is 7.01. The molecule has 1 heterocycles. The van der Waals surface area contributed by atoms with Gasteiger partial charge >= 0.3 is 0 Å². The van der Waals surface area contributed by atoms with E-state index in [1.54, 1.807) is 29.5 Å². The van der Waals surface area contributed by atoms with E-state index in [1.807, 2.05) is 12.3 Å². The molecule has 0 aliphatic carbocycles. The minimum absolute atomic E-state index is 0.125. The molecule has 3 N–H and O–H groups in total. The van der Waals surface area contributed by atoms with Crippen molar-refractivity contribution in [2.75, 3.05) is 5.73 Å². The molecule has 1 aromatic carbocycles. The van der Waals surface area contributed by atoms with Crippen LogP contribution in [0.5, 0.6) is 0 Å². The highest BCUT2D eigenvalue weighted by Crippen LogP contribution is 2.23. The number of thiophene rings is 1. The zero-order valence-electron chi connectivity index (χ0n) is 9.87. The van der Waals surface area contributed by atoms with E-state index < -0.39 is 0 Å². The standard InChI is InChI=1S/C13H13BrN2OS/c1-8-6-18-7-9(8)5-16-13(17)10-3-2-4-11(15)12(10)14/h2-4,6-7H,5,15H2,1H3,(H,16,17). The third-order valence-electron chi connectivity index (χ3n) is 2.67. The third kappa shape index (κ3) is 2.73. The lowest BCUT2D eigenvalue weighted by molar-refractivity contribution is 0.0950. The Balaban J connectivity index is 2.09. The largest absolute Gasteiger partial charge is 0.398 e. The molecule has 94 valence electrons. The van der Waals surface area contributed by atoms with Gasteiger partial charge in [0.1, 0.15) is 0 Å². The van der Waals surface area contributed by atoms with Crippen molar-refractivity contribution >= 4 is 38.9 Å². The lowest BCUT2D eigenvalue weighted by Crippen LogP contribution is -2.23. The van der Waals surface area contributed by atoms with E-state index in [4.69, 9.17) is 5.73 Å². The van der Waals surface area contributed by atoms with E-state index in [2.05, 4.69) is 26.6 Å². The van der Waals surface area contributed by atoms with E-state index in [9.17, 15) is 4.79 Å². The van der Waals surface area contributed by atoms with Gasteiger partial charge in [-0.15, -0.1) is 0 Å². The highest BCUT2D eigenvalue weighted by Gasteiger charge is 2.11. The van der Waals surface area contributed by atoms with Crippen LogP contribution in [-0.2, 0) is 6.54 Å². The molecule has 2 rings (SSSR count). The Morgan fingerprint density at radius 2 is 2.22 bits per heavy atom. The number of nitrogens with one attached hydrogen (secondary N) is 1. The van der Waals surface area contributed by atoms with Crippen molar-refractivity contribution in [1.29, 1.82) is 0 Å². The topological polar surface area (TPSA) is 55.1 Å². The molecule has 0 radical (unpaired) electrons. The van der Waals surface area contributed by atoms with Crippen molar-refractivity contribution in [2.24, 2.45) is 0 Å². The Kier molecular flexibility index (Phi) is 4.04. The molecule has 0 spiro atoms. The molecule has 2 aromatic rings. The van der Waals surface area contributed by atoms with Crippen molar-refractivity contribution in [1.82, 2.24) is 5.32 Å². The van der Waals surface area contributed by atoms with Crippen LogP contribution in [0.3, 0.4) is 0 Å². The number of anilines is 1. The summed E-state index contributed by atoms with van der Waals surface area (Å²) in [4.78, 5) is 12.0. The molecule has 0 bridgehead atoms. The molecular weight excluding hydrogens is 312 g/mol. The molecule has 1 aromatic heterocycles. The second-order valence-electron chi connectivity index (χ2n) is 3.97. The van der Waals surface area contributed by atoms with Crippen LogP contribution in [0.1, 0.15) is 21.5 Å². The van der Waals surface area contributed by atoms with Crippen LogP contribution in [0.25, 0.3) is 0 Å². The molecule has 0 saturated heterocycles. The van der Waals surface area contributed by atoms with Crippen molar-refractivity contribution < 1.29 is 4.79 Å². The first-order chi connectivity index (χ1) is 8.59. The number of nitrogens with two attached hydrogens (primary N) is 1. The highest BCUT2D eigenvalue weighted by atomic mass is 79.9. The number of carbonyl (C=O) groups is 1. The number of carbonyl (C=O) groups excluding carboxylic acids is 1. The second-order valence-corrected chi connectivity index (χ2v) is 5.51. The van der Waals surface area contributed by atoms with Gasteiger partial charge in [-0.25, -0.2) is 0 Å². The molecule has 0 unspecified atom stereocenters. The predicted molar refractivity (Wildman–Crippen MR) is 78.8 cm³/mol. The van der Waals surface area contributed by atoms with Gasteiger partial charge in [-0.3, -0.25) is 4.79 Å². The van der Waals surface area contributed by atoms with Crippen molar-refractivity contribution in [3.8, 4) is 0 Å². The molecule has 3 nitrogen and oxygen atoms in total. The summed E-state index contributed by atoms with van der Waals surface area (Å²) < 4.78 is 0.643. The summed E-state index contributed by atoms with van der Waals surface area (Å²) in [6, 6.07) is 5.27. The summed E-state index contributed by atoms with van der Waals surface area (Å²) in [6.45, 7) is 2.57. The zero-order valence-corrected chi connectivity index (χ0v) is 12.3. The minimum Gasteiger partial charge on any atom is -0.398 e. The fourth-order valence-corrected chi connectivity index (χ4v) is 2.87. The quantitative estimate of drug-likeness (QED) is 0.851. The Labute approximate surface area is 118 Å². The molecule has 0 aliphatic rings. The maximum Gasteiger partial charge on any atom is 0.252 e. The highest BCUT2D eigenvalue weighted by molar-refractivity contribution is 9.10. The van der Waals surface area contributed by atoms with Crippen LogP contribution >= 0.6 is 27.3 Å². The van der Waals surface area contributed by atoms with Crippen LogP contribution in [0.4, 0.5) is 5.69 Å². The van der Waals surface area contributed by atoms with Crippen molar-refractivity contribution in [2.45, 2.75) is 13.5 Å². The zero-order chi connectivity index (χ0) is 13.1. The smallest absolute Gasteiger partial charge is 0.252 e. The number of amides is 1. The van der Waals surface area contributed by atoms with Crippen molar-refractivity contribution in [3.63, 3.8) is 0 Å². The normalized spacial score (nSPS) is 10.3. The fourth-order valence-electron chi connectivity index (χ4n) is 1.56. The number of nitrogen functional groups attached to an aromatic ring is 1. The Morgan fingerprint density at radius 1 is 1.44 bits per heavy atom. The first-order valence-corrected chi connectivity index (χ1v) is 7.17. The molecule has 0 aliphatic heterocycles. The monoisotopic (exact) mass is 324 g/mol. The summed E-state index contributed by atoms with van der Waals surface area (Å²) in [6.07, 6.45) is 0. The van der Waals surface area contributed by atoms with E-state index in [0.29, 0.717) is 22.3 Å². The lowest BCUT2D eigenvalue weighted by atomic mass is 10.1. The van der Waals surface area contributed by atoms with Crippen LogP contribution in [0, 0.1) is 6.92 Å². The van der Waals surface area contributed by atoms with Gasteiger partial charge in [0.2, 0.25) is 0 Å². The van der Waals surface area contributed by atoms with E-state index >= 15 is 0 Å². The number of benzene rings is 1. The van der Waals surface area contributed by atoms with Gasteiger partial charge in [-0.2, -0.15) is 11.3 Å². The Morgan fingerprint density at radius 3 is 2.89 bits per heavy atom. The number of halogens is 1. The molecular formula is C13H13BrN2OS. The third-order valence-corrected chi connectivity index (χ3v) is 4.47. The summed E-state index contributed by atoms with van der Waals surface area (Å²) >= 11 is 4.97. The molecule has 0 fully saturated rings. The molecule has 1 amide bonds. The predicted octanol–water partition coefficient (Wildman–Crippen LogP) is 3.33. The second kappa shape index (κ2) is 5.54. The van der Waals surface area contributed by atoms with Crippen molar-refractivity contribution in [3.05, 3.63) is 50.1 Å². The molecule has 0 saturated carbocycles. The molecule has 0 atom stereocenters. The van der Waals surface area contributed by atoms with E-state index in [0.717, 1.165) is 5.56 Å².